The third kappa shape index (κ3) is 4.31. The Morgan fingerprint density at radius 3 is 2.49 bits per heavy atom. The molecule has 1 N–H and O–H groups in total. The summed E-state index contributed by atoms with van der Waals surface area (Å²) in [5.74, 6) is 0.402. The number of benzene rings is 2. The summed E-state index contributed by atoms with van der Waals surface area (Å²) in [6.45, 7) is 5.82. The molecule has 1 aliphatic rings. The number of rotatable bonds is 5. The van der Waals surface area contributed by atoms with Crippen LogP contribution in [0.3, 0.4) is 0 Å². The summed E-state index contributed by atoms with van der Waals surface area (Å²) in [4.78, 5) is 29.7. The van der Waals surface area contributed by atoms with E-state index in [4.69, 9.17) is 13.9 Å². The topological polar surface area (TPSA) is 81.0 Å². The standard InChI is InChI=1S/C27H26N2O5S/c1-16-20-15-19(32-3)9-10-21(20)34-23(16)25(30)28-26-22(27(31)29-11-13-33-14-12-29)17(2)24(35-26)18-7-5-4-6-8-18/h4-10,15H,11-14H2,1-3H3,(H,28,30). The molecule has 35 heavy (non-hydrogen) atoms. The first-order valence-corrected chi connectivity index (χ1v) is 12.2. The number of carbonyl (C=O) groups excluding carboxylic acids is 2. The van der Waals surface area contributed by atoms with Crippen LogP contribution in [0.15, 0.2) is 52.9 Å². The van der Waals surface area contributed by atoms with Gasteiger partial charge in [0.2, 0.25) is 0 Å². The van der Waals surface area contributed by atoms with Gasteiger partial charge < -0.3 is 24.1 Å². The van der Waals surface area contributed by atoms with Crippen molar-refractivity contribution in [2.24, 2.45) is 0 Å². The molecule has 1 fully saturated rings. The maximum Gasteiger partial charge on any atom is 0.292 e. The Kier molecular flexibility index (Phi) is 6.32. The monoisotopic (exact) mass is 490 g/mol. The summed E-state index contributed by atoms with van der Waals surface area (Å²) in [6, 6.07) is 15.3. The number of nitrogens with one attached hydrogen (secondary N) is 1. The second-order valence-corrected chi connectivity index (χ2v) is 9.42. The molecule has 7 nitrogen and oxygen atoms in total. The number of aryl methyl sites for hydroxylation is 1. The maximum absolute atomic E-state index is 13.6. The highest BCUT2D eigenvalue weighted by Gasteiger charge is 2.29. The summed E-state index contributed by atoms with van der Waals surface area (Å²) < 4.78 is 16.6. The van der Waals surface area contributed by atoms with Crippen LogP contribution in [0.1, 0.15) is 32.0 Å². The number of amides is 2. The lowest BCUT2D eigenvalue weighted by molar-refractivity contribution is 0.0303. The smallest absolute Gasteiger partial charge is 0.292 e. The molecule has 3 heterocycles. The number of morpholine rings is 1. The quantitative estimate of drug-likeness (QED) is 0.399. The van der Waals surface area contributed by atoms with E-state index in [1.165, 1.54) is 11.3 Å². The number of thiophene rings is 1. The van der Waals surface area contributed by atoms with E-state index in [9.17, 15) is 9.59 Å². The predicted molar refractivity (Wildman–Crippen MR) is 137 cm³/mol. The molecule has 8 heteroatoms. The van der Waals surface area contributed by atoms with Crippen molar-refractivity contribution in [1.29, 1.82) is 0 Å². The van der Waals surface area contributed by atoms with Gasteiger partial charge in [0.05, 0.1) is 25.9 Å². The molecule has 0 atom stereocenters. The minimum Gasteiger partial charge on any atom is -0.497 e. The zero-order valence-electron chi connectivity index (χ0n) is 19.8. The summed E-state index contributed by atoms with van der Waals surface area (Å²) in [5, 5.41) is 4.31. The molecule has 0 saturated carbocycles. The van der Waals surface area contributed by atoms with Crippen LogP contribution in [0.2, 0.25) is 0 Å². The molecule has 180 valence electrons. The first-order valence-electron chi connectivity index (χ1n) is 11.4. The number of nitrogens with zero attached hydrogens (tertiary/aromatic N) is 1. The number of furan rings is 1. The van der Waals surface area contributed by atoms with Gasteiger partial charge in [-0.2, -0.15) is 0 Å². The molecule has 0 unspecified atom stereocenters. The average Bonchev–Trinajstić information content (AvgIpc) is 3.40. The van der Waals surface area contributed by atoms with Gasteiger partial charge >= 0.3 is 0 Å². The fourth-order valence-electron chi connectivity index (χ4n) is 4.35. The van der Waals surface area contributed by atoms with E-state index in [0.717, 1.165) is 21.4 Å². The third-order valence-corrected chi connectivity index (χ3v) is 7.53. The van der Waals surface area contributed by atoms with E-state index < -0.39 is 5.91 Å². The molecule has 5 rings (SSSR count). The van der Waals surface area contributed by atoms with Crippen LogP contribution >= 0.6 is 11.3 Å². The van der Waals surface area contributed by atoms with E-state index in [1.807, 2.05) is 50.2 Å². The van der Waals surface area contributed by atoms with E-state index >= 15 is 0 Å². The normalized spacial score (nSPS) is 13.7. The van der Waals surface area contributed by atoms with Crippen LogP contribution in [0.5, 0.6) is 5.75 Å². The number of hydrogen-bond acceptors (Lipinski definition) is 6. The Morgan fingerprint density at radius 2 is 1.77 bits per heavy atom. The second kappa shape index (κ2) is 9.56. The molecular formula is C27H26N2O5S. The van der Waals surface area contributed by atoms with Crippen molar-refractivity contribution in [3.05, 3.63) is 71.0 Å². The fourth-order valence-corrected chi connectivity index (χ4v) is 5.55. The first kappa shape index (κ1) is 23.1. The Bertz CT molecular complexity index is 1400. The SMILES string of the molecule is COc1ccc2oc(C(=O)Nc3sc(-c4ccccc4)c(C)c3C(=O)N3CCOCC3)c(C)c2c1. The van der Waals surface area contributed by atoms with Gasteiger partial charge in [0.1, 0.15) is 16.3 Å². The van der Waals surface area contributed by atoms with Gasteiger partial charge in [-0.25, -0.2) is 0 Å². The van der Waals surface area contributed by atoms with Crippen LogP contribution < -0.4 is 10.1 Å². The van der Waals surface area contributed by atoms with E-state index in [1.54, 1.807) is 24.1 Å². The largest absolute Gasteiger partial charge is 0.497 e. The zero-order valence-corrected chi connectivity index (χ0v) is 20.7. The van der Waals surface area contributed by atoms with E-state index in [2.05, 4.69) is 5.32 Å². The third-order valence-electron chi connectivity index (χ3n) is 6.27. The molecular weight excluding hydrogens is 464 g/mol. The lowest BCUT2D eigenvalue weighted by Crippen LogP contribution is -2.41. The predicted octanol–water partition coefficient (Wildman–Crippen LogP) is 5.51. The number of carbonyl (C=O) groups is 2. The van der Waals surface area contributed by atoms with Crippen molar-refractivity contribution in [2.75, 3.05) is 38.7 Å². The molecule has 2 amide bonds. The highest BCUT2D eigenvalue weighted by atomic mass is 32.1. The van der Waals surface area contributed by atoms with E-state index in [0.29, 0.717) is 53.8 Å². The number of fused-ring (bicyclic) bond motifs is 1. The van der Waals surface area contributed by atoms with Crippen LogP contribution in [0.25, 0.3) is 21.4 Å². The Labute approximate surface area is 207 Å². The fraction of sp³-hybridized carbons (Fsp3) is 0.259. The summed E-state index contributed by atoms with van der Waals surface area (Å²) in [5.41, 5.74) is 3.68. The number of methoxy groups -OCH3 is 1. The van der Waals surface area contributed by atoms with Gasteiger partial charge in [-0.3, -0.25) is 9.59 Å². The zero-order chi connectivity index (χ0) is 24.5. The molecule has 2 aromatic heterocycles. The molecule has 0 bridgehead atoms. The minimum absolute atomic E-state index is 0.106. The van der Waals surface area contributed by atoms with Gasteiger partial charge in [0.25, 0.3) is 11.8 Å². The summed E-state index contributed by atoms with van der Waals surface area (Å²) in [6.07, 6.45) is 0. The van der Waals surface area contributed by atoms with Crippen LogP contribution in [-0.2, 0) is 4.74 Å². The maximum atomic E-state index is 13.6. The lowest BCUT2D eigenvalue weighted by atomic mass is 10.1. The van der Waals surface area contributed by atoms with E-state index in [-0.39, 0.29) is 11.7 Å². The molecule has 4 aromatic rings. The summed E-state index contributed by atoms with van der Waals surface area (Å²) >= 11 is 1.40. The molecule has 1 saturated heterocycles. The molecule has 0 spiro atoms. The Balaban J connectivity index is 1.54. The van der Waals surface area contributed by atoms with Crippen LogP contribution in [0.4, 0.5) is 5.00 Å². The highest BCUT2D eigenvalue weighted by molar-refractivity contribution is 7.20. The number of hydrogen-bond donors (Lipinski definition) is 1. The Hall–Kier alpha value is -3.62. The lowest BCUT2D eigenvalue weighted by Gasteiger charge is -2.27. The Morgan fingerprint density at radius 1 is 1.03 bits per heavy atom. The molecule has 1 aliphatic heterocycles. The van der Waals surface area contributed by atoms with Crippen molar-refractivity contribution < 1.29 is 23.5 Å². The van der Waals surface area contributed by atoms with Crippen LogP contribution in [-0.4, -0.2) is 50.1 Å². The minimum atomic E-state index is -0.394. The van der Waals surface area contributed by atoms with Crippen molar-refractivity contribution >= 4 is 39.1 Å². The molecule has 2 aromatic carbocycles. The van der Waals surface area contributed by atoms with Crippen molar-refractivity contribution in [3.63, 3.8) is 0 Å². The van der Waals surface area contributed by atoms with Gasteiger partial charge in [0, 0.05) is 28.9 Å². The highest BCUT2D eigenvalue weighted by Crippen LogP contribution is 2.41. The van der Waals surface area contributed by atoms with Gasteiger partial charge in [-0.05, 0) is 43.2 Å². The number of ether oxygens (including phenoxy) is 2. The van der Waals surface area contributed by atoms with Crippen molar-refractivity contribution in [3.8, 4) is 16.2 Å². The second-order valence-electron chi connectivity index (χ2n) is 8.40. The first-order chi connectivity index (χ1) is 17.0. The average molecular weight is 491 g/mol. The van der Waals surface area contributed by atoms with Gasteiger partial charge in [0.15, 0.2) is 5.76 Å². The summed E-state index contributed by atoms with van der Waals surface area (Å²) in [7, 11) is 1.60. The van der Waals surface area contributed by atoms with Gasteiger partial charge in [-0.15, -0.1) is 11.3 Å². The van der Waals surface area contributed by atoms with Crippen molar-refractivity contribution in [1.82, 2.24) is 4.90 Å². The molecule has 0 radical (unpaired) electrons. The van der Waals surface area contributed by atoms with Gasteiger partial charge in [-0.1, -0.05) is 30.3 Å². The number of anilines is 1. The molecule has 0 aliphatic carbocycles. The van der Waals surface area contributed by atoms with Crippen molar-refractivity contribution in [2.45, 2.75) is 13.8 Å². The van der Waals surface area contributed by atoms with Crippen LogP contribution in [0, 0.1) is 13.8 Å².